The maximum atomic E-state index is 6.67. The number of allylic oxidation sites excluding steroid dienone is 1. The Balaban J connectivity index is 1.37. The SMILES string of the molecule is C=C(CCCC)N1CCN(C(=C)c2ccc3c(Cl)cc(-c4ccc5cn(N)nc5c4)nc3c2)CC1. The summed E-state index contributed by atoms with van der Waals surface area (Å²) < 4.78 is 0. The van der Waals surface area contributed by atoms with Crippen molar-refractivity contribution in [2.75, 3.05) is 32.0 Å². The molecule has 2 N–H and O–H groups in total. The van der Waals surface area contributed by atoms with Crippen LogP contribution in [0.3, 0.4) is 0 Å². The van der Waals surface area contributed by atoms with Gasteiger partial charge < -0.3 is 15.6 Å². The van der Waals surface area contributed by atoms with E-state index in [0.29, 0.717) is 5.02 Å². The molecule has 3 heterocycles. The molecule has 0 saturated carbocycles. The number of rotatable bonds is 7. The molecule has 0 atom stereocenters. The van der Waals surface area contributed by atoms with Crippen molar-refractivity contribution in [3.63, 3.8) is 0 Å². The molecule has 1 saturated heterocycles. The normalized spacial score (nSPS) is 14.1. The van der Waals surface area contributed by atoms with Crippen LogP contribution < -0.4 is 5.84 Å². The molecule has 2 aromatic heterocycles. The van der Waals surface area contributed by atoms with Crippen molar-refractivity contribution in [1.29, 1.82) is 0 Å². The highest BCUT2D eigenvalue weighted by molar-refractivity contribution is 6.35. The Morgan fingerprint density at radius 2 is 1.77 bits per heavy atom. The number of halogens is 1. The molecule has 1 fully saturated rings. The smallest absolute Gasteiger partial charge is 0.0950 e. The highest BCUT2D eigenvalue weighted by atomic mass is 35.5. The van der Waals surface area contributed by atoms with E-state index in [-0.39, 0.29) is 0 Å². The van der Waals surface area contributed by atoms with E-state index < -0.39 is 0 Å². The number of fused-ring (bicyclic) bond motifs is 2. The Morgan fingerprint density at radius 3 is 2.54 bits per heavy atom. The number of pyridine rings is 1. The second kappa shape index (κ2) is 9.62. The number of unbranched alkanes of at least 4 members (excludes halogenated alkanes) is 1. The molecule has 0 amide bonds. The summed E-state index contributed by atoms with van der Waals surface area (Å²) in [5.74, 6) is 5.78. The van der Waals surface area contributed by atoms with E-state index >= 15 is 0 Å². The van der Waals surface area contributed by atoms with Gasteiger partial charge in [-0.1, -0.05) is 62.4 Å². The average molecular weight is 487 g/mol. The summed E-state index contributed by atoms with van der Waals surface area (Å²) in [6, 6.07) is 14.1. The summed E-state index contributed by atoms with van der Waals surface area (Å²) in [5, 5.41) is 6.89. The molecule has 4 aromatic rings. The van der Waals surface area contributed by atoms with Crippen molar-refractivity contribution in [2.45, 2.75) is 26.2 Å². The molecule has 0 unspecified atom stereocenters. The molecule has 7 heteroatoms. The van der Waals surface area contributed by atoms with Gasteiger partial charge in [0.25, 0.3) is 0 Å². The summed E-state index contributed by atoms with van der Waals surface area (Å²) in [6.07, 6.45) is 5.27. The first-order chi connectivity index (χ1) is 16.9. The largest absolute Gasteiger partial charge is 0.372 e. The predicted molar refractivity (Wildman–Crippen MR) is 146 cm³/mol. The number of hydrogen-bond acceptors (Lipinski definition) is 5. The van der Waals surface area contributed by atoms with Crippen LogP contribution in [0, 0.1) is 0 Å². The number of nitrogens with two attached hydrogens (primary N) is 1. The number of piperazine rings is 1. The minimum atomic E-state index is 0.672. The van der Waals surface area contributed by atoms with Gasteiger partial charge in [-0.25, -0.2) is 4.98 Å². The Hall–Kier alpha value is -3.51. The highest BCUT2D eigenvalue weighted by Gasteiger charge is 2.20. The third-order valence-corrected chi connectivity index (χ3v) is 7.15. The van der Waals surface area contributed by atoms with Gasteiger partial charge in [0.1, 0.15) is 0 Å². The molecule has 0 spiro atoms. The molecule has 35 heavy (non-hydrogen) atoms. The topological polar surface area (TPSA) is 63.2 Å². The summed E-state index contributed by atoms with van der Waals surface area (Å²) in [5.41, 5.74) is 6.76. The summed E-state index contributed by atoms with van der Waals surface area (Å²) in [7, 11) is 0. The molecule has 2 aromatic carbocycles. The summed E-state index contributed by atoms with van der Waals surface area (Å²) >= 11 is 6.67. The minimum Gasteiger partial charge on any atom is -0.372 e. The number of nitrogen functional groups attached to an aromatic ring is 1. The third-order valence-electron chi connectivity index (χ3n) is 6.84. The van der Waals surface area contributed by atoms with Gasteiger partial charge in [0, 0.05) is 53.9 Å². The van der Waals surface area contributed by atoms with Crippen molar-refractivity contribution in [3.8, 4) is 11.3 Å². The fraction of sp³-hybridized carbons (Fsp3) is 0.286. The Labute approximate surface area is 211 Å². The van der Waals surface area contributed by atoms with E-state index in [0.717, 1.165) is 76.9 Å². The Bertz CT molecular complexity index is 1410. The van der Waals surface area contributed by atoms with E-state index in [9.17, 15) is 0 Å². The van der Waals surface area contributed by atoms with E-state index in [4.69, 9.17) is 22.4 Å². The van der Waals surface area contributed by atoms with Crippen LogP contribution in [0.2, 0.25) is 5.02 Å². The Kier molecular flexibility index (Phi) is 6.39. The average Bonchev–Trinajstić information content (AvgIpc) is 3.25. The zero-order valence-electron chi connectivity index (χ0n) is 20.2. The molecular formula is C28H31ClN6. The minimum absolute atomic E-state index is 0.672. The van der Waals surface area contributed by atoms with Crippen LogP contribution in [0.1, 0.15) is 31.7 Å². The van der Waals surface area contributed by atoms with E-state index in [1.165, 1.54) is 23.3 Å². The van der Waals surface area contributed by atoms with Crippen LogP contribution in [-0.4, -0.2) is 50.9 Å². The van der Waals surface area contributed by atoms with Crippen molar-refractivity contribution in [3.05, 3.63) is 78.1 Å². The van der Waals surface area contributed by atoms with E-state index in [1.807, 2.05) is 30.3 Å². The zero-order valence-corrected chi connectivity index (χ0v) is 20.9. The van der Waals surface area contributed by atoms with Crippen molar-refractivity contribution >= 4 is 39.1 Å². The van der Waals surface area contributed by atoms with Crippen LogP contribution in [0.4, 0.5) is 0 Å². The monoisotopic (exact) mass is 486 g/mol. The molecule has 180 valence electrons. The lowest BCUT2D eigenvalue weighted by Gasteiger charge is -2.39. The lowest BCUT2D eigenvalue weighted by Crippen LogP contribution is -2.44. The maximum Gasteiger partial charge on any atom is 0.0950 e. The maximum absolute atomic E-state index is 6.67. The fourth-order valence-corrected chi connectivity index (χ4v) is 4.99. The molecule has 0 aliphatic carbocycles. The van der Waals surface area contributed by atoms with E-state index in [2.05, 4.69) is 47.1 Å². The number of benzene rings is 2. The molecule has 0 bridgehead atoms. The van der Waals surface area contributed by atoms with Crippen molar-refractivity contribution in [1.82, 2.24) is 24.7 Å². The first-order valence-corrected chi connectivity index (χ1v) is 12.5. The van der Waals surface area contributed by atoms with Crippen LogP contribution in [0.5, 0.6) is 0 Å². The van der Waals surface area contributed by atoms with Gasteiger partial charge >= 0.3 is 0 Å². The van der Waals surface area contributed by atoms with Gasteiger partial charge in [0.2, 0.25) is 0 Å². The van der Waals surface area contributed by atoms with Crippen LogP contribution in [0.25, 0.3) is 38.8 Å². The predicted octanol–water partition coefficient (Wildman–Crippen LogP) is 5.91. The lowest BCUT2D eigenvalue weighted by atomic mass is 10.0. The summed E-state index contributed by atoms with van der Waals surface area (Å²) in [4.78, 5) is 11.0. The van der Waals surface area contributed by atoms with Crippen molar-refractivity contribution < 1.29 is 0 Å². The standard InChI is InChI=1S/C28H31ClN6/c1-4-5-6-19(2)33-11-13-34(14-12-33)20(3)21-9-10-24-25(29)17-26(31-28(24)15-21)22-7-8-23-18-35(30)32-27(23)16-22/h7-10,15-18H,2-6,11-14,30H2,1H3. The number of hydrogen-bond donors (Lipinski definition) is 1. The van der Waals surface area contributed by atoms with Crippen LogP contribution in [-0.2, 0) is 0 Å². The first-order valence-electron chi connectivity index (χ1n) is 12.1. The third kappa shape index (κ3) is 4.71. The van der Waals surface area contributed by atoms with Gasteiger partial charge in [-0.15, -0.1) is 0 Å². The zero-order chi connectivity index (χ0) is 24.5. The van der Waals surface area contributed by atoms with Crippen molar-refractivity contribution in [2.24, 2.45) is 0 Å². The second-order valence-corrected chi connectivity index (χ2v) is 9.60. The highest BCUT2D eigenvalue weighted by Crippen LogP contribution is 2.32. The fourth-order valence-electron chi connectivity index (χ4n) is 4.72. The van der Waals surface area contributed by atoms with Crippen LogP contribution in [0.15, 0.2) is 67.5 Å². The van der Waals surface area contributed by atoms with Crippen LogP contribution >= 0.6 is 11.6 Å². The number of nitrogens with zero attached hydrogens (tertiary/aromatic N) is 5. The van der Waals surface area contributed by atoms with E-state index in [1.54, 1.807) is 6.20 Å². The van der Waals surface area contributed by atoms with Gasteiger partial charge in [-0.2, -0.15) is 9.89 Å². The molecule has 1 aliphatic rings. The molecule has 1 aliphatic heterocycles. The Morgan fingerprint density at radius 1 is 1.00 bits per heavy atom. The summed E-state index contributed by atoms with van der Waals surface area (Å²) in [6.45, 7) is 14.7. The molecular weight excluding hydrogens is 456 g/mol. The van der Waals surface area contributed by atoms with Gasteiger partial charge in [0.05, 0.1) is 27.9 Å². The number of aromatic nitrogens is 3. The lowest BCUT2D eigenvalue weighted by molar-refractivity contribution is 0.209. The second-order valence-electron chi connectivity index (χ2n) is 9.19. The first kappa shape index (κ1) is 23.2. The van der Waals surface area contributed by atoms with Gasteiger partial charge in [-0.05, 0) is 36.6 Å². The van der Waals surface area contributed by atoms with Gasteiger partial charge in [0.15, 0.2) is 0 Å². The molecule has 0 radical (unpaired) electrons. The quantitative estimate of drug-likeness (QED) is 0.329. The molecule has 6 nitrogen and oxygen atoms in total. The van der Waals surface area contributed by atoms with Gasteiger partial charge in [-0.3, -0.25) is 0 Å². The molecule has 5 rings (SSSR count).